The summed E-state index contributed by atoms with van der Waals surface area (Å²) in [5.74, 6) is 1.60. The van der Waals surface area contributed by atoms with Gasteiger partial charge in [0.2, 0.25) is 11.8 Å². The number of hydrogen-bond donors (Lipinski definition) is 1. The zero-order chi connectivity index (χ0) is 14.6. The van der Waals surface area contributed by atoms with Crippen molar-refractivity contribution in [3.05, 3.63) is 0 Å². The summed E-state index contributed by atoms with van der Waals surface area (Å²) in [4.78, 5) is 25.4. The van der Waals surface area contributed by atoms with Crippen molar-refractivity contribution in [1.29, 1.82) is 0 Å². The van der Waals surface area contributed by atoms with Gasteiger partial charge >= 0.3 is 0 Å². The van der Waals surface area contributed by atoms with E-state index >= 15 is 0 Å². The smallest absolute Gasteiger partial charge is 0.222 e. The monoisotopic (exact) mass is 268 g/mol. The molecule has 2 atom stereocenters. The Morgan fingerprint density at radius 2 is 1.84 bits per heavy atom. The highest BCUT2D eigenvalue weighted by Gasteiger charge is 2.31. The molecule has 0 radical (unpaired) electrons. The van der Waals surface area contributed by atoms with Gasteiger partial charge in [-0.15, -0.1) is 0 Å². The van der Waals surface area contributed by atoms with Crippen molar-refractivity contribution in [3.63, 3.8) is 0 Å². The van der Waals surface area contributed by atoms with Gasteiger partial charge in [0.1, 0.15) is 0 Å². The maximum atomic E-state index is 12.2. The van der Waals surface area contributed by atoms with Gasteiger partial charge in [0.25, 0.3) is 0 Å². The van der Waals surface area contributed by atoms with Crippen LogP contribution in [0.15, 0.2) is 0 Å². The van der Waals surface area contributed by atoms with Crippen molar-refractivity contribution in [1.82, 2.24) is 10.2 Å². The van der Waals surface area contributed by atoms with E-state index < -0.39 is 0 Å². The molecule has 1 fully saturated rings. The van der Waals surface area contributed by atoms with Crippen molar-refractivity contribution in [2.75, 3.05) is 13.1 Å². The van der Waals surface area contributed by atoms with Crippen molar-refractivity contribution in [2.24, 2.45) is 17.8 Å². The van der Waals surface area contributed by atoms with Gasteiger partial charge in [-0.3, -0.25) is 9.59 Å². The molecule has 2 unspecified atom stereocenters. The Morgan fingerprint density at radius 3 is 2.32 bits per heavy atom. The average molecular weight is 268 g/mol. The highest BCUT2D eigenvalue weighted by Crippen LogP contribution is 2.24. The van der Waals surface area contributed by atoms with Crippen LogP contribution in [0, 0.1) is 17.8 Å². The lowest BCUT2D eigenvalue weighted by Crippen LogP contribution is -2.53. The lowest BCUT2D eigenvalue weighted by molar-refractivity contribution is -0.135. The molecule has 19 heavy (non-hydrogen) atoms. The third-order valence-electron chi connectivity index (χ3n) is 3.77. The Labute approximate surface area is 116 Å². The number of nitrogens with one attached hydrogen (secondary N) is 1. The Balaban J connectivity index is 2.69. The highest BCUT2D eigenvalue weighted by atomic mass is 16.2. The molecule has 1 aliphatic rings. The molecule has 0 aliphatic carbocycles. The number of nitrogens with zero attached hydrogens (tertiary/aromatic N) is 1. The van der Waals surface area contributed by atoms with Crippen LogP contribution in [0.4, 0.5) is 0 Å². The van der Waals surface area contributed by atoms with Crippen LogP contribution in [-0.4, -0.2) is 35.8 Å². The molecule has 4 nitrogen and oxygen atoms in total. The van der Waals surface area contributed by atoms with Gasteiger partial charge in [-0.05, 0) is 24.2 Å². The van der Waals surface area contributed by atoms with Crippen LogP contribution >= 0.6 is 0 Å². The number of amides is 2. The fraction of sp³-hybridized carbons (Fsp3) is 0.867. The predicted molar refractivity (Wildman–Crippen MR) is 76.6 cm³/mol. The first kappa shape index (κ1) is 16.0. The zero-order valence-corrected chi connectivity index (χ0v) is 12.9. The second kappa shape index (κ2) is 6.92. The normalized spacial score (nSPS) is 23.8. The van der Waals surface area contributed by atoms with E-state index in [0.717, 1.165) is 13.0 Å². The molecular weight excluding hydrogens is 240 g/mol. The maximum Gasteiger partial charge on any atom is 0.222 e. The molecule has 4 heteroatoms. The first-order valence-corrected chi connectivity index (χ1v) is 7.34. The lowest BCUT2D eigenvalue weighted by Gasteiger charge is -2.40. The van der Waals surface area contributed by atoms with Crippen LogP contribution in [0.2, 0.25) is 0 Å². The van der Waals surface area contributed by atoms with E-state index in [-0.39, 0.29) is 17.9 Å². The Kier molecular flexibility index (Phi) is 5.83. The van der Waals surface area contributed by atoms with Gasteiger partial charge in [-0.1, -0.05) is 27.7 Å². The van der Waals surface area contributed by atoms with E-state index in [9.17, 15) is 9.59 Å². The molecule has 110 valence electrons. The third-order valence-corrected chi connectivity index (χ3v) is 3.77. The molecule has 0 aromatic heterocycles. The fourth-order valence-electron chi connectivity index (χ4n) is 2.70. The Hall–Kier alpha value is -1.06. The maximum absolute atomic E-state index is 12.2. The molecule has 0 spiro atoms. The van der Waals surface area contributed by atoms with E-state index in [4.69, 9.17) is 0 Å². The molecule has 2 amide bonds. The minimum Gasteiger partial charge on any atom is -0.352 e. The molecule has 0 aromatic rings. The van der Waals surface area contributed by atoms with Gasteiger partial charge in [-0.2, -0.15) is 0 Å². The second-order valence-electron chi connectivity index (χ2n) is 6.53. The summed E-state index contributed by atoms with van der Waals surface area (Å²) in [5, 5.41) is 2.97. The molecule has 0 bridgehead atoms. The molecular formula is C15H28N2O2. The number of carbonyl (C=O) groups excluding carboxylic acids is 2. The minimum absolute atomic E-state index is 0.00864. The standard InChI is InChI=1S/C15H28N2O2/c1-10(2)6-15(19)17-8-13(11(3)4)7-14(9-17)16-12(5)18/h10-11,13-14H,6-9H2,1-5H3,(H,16,18). The van der Waals surface area contributed by atoms with Gasteiger partial charge in [-0.25, -0.2) is 0 Å². The topological polar surface area (TPSA) is 49.4 Å². The predicted octanol–water partition coefficient (Wildman–Crippen LogP) is 2.04. The number of hydrogen-bond acceptors (Lipinski definition) is 2. The third kappa shape index (κ3) is 5.21. The van der Waals surface area contributed by atoms with Crippen LogP contribution in [-0.2, 0) is 9.59 Å². The van der Waals surface area contributed by atoms with Crippen LogP contribution in [0.5, 0.6) is 0 Å². The fourth-order valence-corrected chi connectivity index (χ4v) is 2.70. The highest BCUT2D eigenvalue weighted by molar-refractivity contribution is 5.77. The van der Waals surface area contributed by atoms with E-state index in [1.165, 1.54) is 0 Å². The molecule has 0 aromatic carbocycles. The largest absolute Gasteiger partial charge is 0.352 e. The molecule has 0 saturated carbocycles. The number of likely N-dealkylation sites (tertiary alicyclic amines) is 1. The number of carbonyl (C=O) groups is 2. The second-order valence-corrected chi connectivity index (χ2v) is 6.53. The van der Waals surface area contributed by atoms with E-state index in [0.29, 0.717) is 30.7 Å². The van der Waals surface area contributed by atoms with E-state index in [2.05, 4.69) is 33.0 Å². The lowest BCUT2D eigenvalue weighted by atomic mass is 9.85. The zero-order valence-electron chi connectivity index (χ0n) is 12.9. The van der Waals surface area contributed by atoms with Crippen LogP contribution in [0.1, 0.15) is 47.5 Å². The number of piperidine rings is 1. The van der Waals surface area contributed by atoms with Gasteiger partial charge in [0.15, 0.2) is 0 Å². The van der Waals surface area contributed by atoms with Crippen LogP contribution in [0.3, 0.4) is 0 Å². The Bertz CT molecular complexity index is 326. The summed E-state index contributed by atoms with van der Waals surface area (Å²) in [5.41, 5.74) is 0. The summed E-state index contributed by atoms with van der Waals surface area (Å²) in [6.45, 7) is 11.5. The van der Waals surface area contributed by atoms with E-state index in [1.54, 1.807) is 6.92 Å². The first-order chi connectivity index (χ1) is 8.79. The van der Waals surface area contributed by atoms with Crippen molar-refractivity contribution < 1.29 is 9.59 Å². The molecule has 1 aliphatic heterocycles. The quantitative estimate of drug-likeness (QED) is 0.848. The summed E-state index contributed by atoms with van der Waals surface area (Å²) in [6, 6.07) is 0.106. The molecule has 1 saturated heterocycles. The minimum atomic E-state index is -0.00864. The van der Waals surface area contributed by atoms with Crippen molar-refractivity contribution >= 4 is 11.8 Å². The van der Waals surface area contributed by atoms with Gasteiger partial charge < -0.3 is 10.2 Å². The SMILES string of the molecule is CC(=O)NC1CC(C(C)C)CN(C(=O)CC(C)C)C1. The van der Waals surface area contributed by atoms with Crippen molar-refractivity contribution in [2.45, 2.75) is 53.5 Å². The Morgan fingerprint density at radius 1 is 1.21 bits per heavy atom. The summed E-state index contributed by atoms with van der Waals surface area (Å²) < 4.78 is 0. The number of rotatable bonds is 4. The van der Waals surface area contributed by atoms with Crippen LogP contribution < -0.4 is 5.32 Å². The summed E-state index contributed by atoms with van der Waals surface area (Å²) in [6.07, 6.45) is 1.57. The molecule has 1 heterocycles. The summed E-state index contributed by atoms with van der Waals surface area (Å²) >= 11 is 0. The van der Waals surface area contributed by atoms with Crippen LogP contribution in [0.25, 0.3) is 0 Å². The van der Waals surface area contributed by atoms with E-state index in [1.807, 2.05) is 4.90 Å². The van der Waals surface area contributed by atoms with Gasteiger partial charge in [0, 0.05) is 32.5 Å². The average Bonchev–Trinajstić information content (AvgIpc) is 2.26. The van der Waals surface area contributed by atoms with Crippen molar-refractivity contribution in [3.8, 4) is 0 Å². The first-order valence-electron chi connectivity index (χ1n) is 7.34. The molecule has 1 N–H and O–H groups in total. The van der Waals surface area contributed by atoms with Gasteiger partial charge in [0.05, 0.1) is 0 Å². The molecule has 1 rings (SSSR count). The summed E-state index contributed by atoms with van der Waals surface area (Å²) in [7, 11) is 0.